The third-order valence-corrected chi connectivity index (χ3v) is 2.56. The van der Waals surface area contributed by atoms with E-state index in [0.29, 0.717) is 16.4 Å². The van der Waals surface area contributed by atoms with Crippen LogP contribution in [0, 0.1) is 0 Å². The van der Waals surface area contributed by atoms with Crippen LogP contribution in [0.25, 0.3) is 0 Å². The molecule has 90 valence electrons. The van der Waals surface area contributed by atoms with Crippen LogP contribution in [0.15, 0.2) is 18.2 Å². The second-order valence-corrected chi connectivity index (χ2v) is 4.05. The summed E-state index contributed by atoms with van der Waals surface area (Å²) in [6.07, 6.45) is 0. The van der Waals surface area contributed by atoms with E-state index in [2.05, 4.69) is 5.32 Å². The average molecular weight is 247 g/mol. The first-order valence-corrected chi connectivity index (χ1v) is 5.10. The van der Waals surface area contributed by atoms with Gasteiger partial charge in [-0.1, -0.05) is 11.6 Å². The van der Waals surface area contributed by atoms with Gasteiger partial charge in [-0.15, -0.1) is 0 Å². The second kappa shape index (κ2) is 5.36. The van der Waals surface area contributed by atoms with Crippen LogP contribution in [-0.2, 0) is 0 Å². The maximum atomic E-state index is 9.14. The molecule has 0 fully saturated rings. The molecule has 0 atom stereocenters. The summed E-state index contributed by atoms with van der Waals surface area (Å²) in [6.45, 7) is -1.27. The molecule has 0 amide bonds. The number of aliphatic hydroxyl groups is 3. The second-order valence-electron chi connectivity index (χ2n) is 3.61. The number of halogens is 1. The SMILES string of the molecule is Nc1ccc(Cl)cc1NC(CO)(CO)CO. The molecule has 0 heterocycles. The number of aliphatic hydroxyl groups excluding tert-OH is 3. The molecule has 0 aliphatic rings. The number of nitrogen functional groups attached to an aromatic ring is 1. The van der Waals surface area contributed by atoms with Crippen molar-refractivity contribution in [2.45, 2.75) is 5.54 Å². The highest BCUT2D eigenvalue weighted by Crippen LogP contribution is 2.25. The van der Waals surface area contributed by atoms with Gasteiger partial charge in [-0.25, -0.2) is 0 Å². The van der Waals surface area contributed by atoms with Crippen LogP contribution < -0.4 is 11.1 Å². The Labute approximate surface area is 98.5 Å². The van der Waals surface area contributed by atoms with Gasteiger partial charge in [0.1, 0.15) is 5.54 Å². The molecule has 6 N–H and O–H groups in total. The van der Waals surface area contributed by atoms with Gasteiger partial charge in [0, 0.05) is 5.02 Å². The molecule has 0 aliphatic carbocycles. The number of nitrogens with one attached hydrogen (secondary N) is 1. The summed E-state index contributed by atoms with van der Waals surface area (Å²) in [5.41, 5.74) is 5.37. The van der Waals surface area contributed by atoms with Crippen LogP contribution in [0.5, 0.6) is 0 Å². The molecule has 0 aliphatic heterocycles. The number of benzene rings is 1. The fraction of sp³-hybridized carbons (Fsp3) is 0.400. The van der Waals surface area contributed by atoms with E-state index in [1.165, 1.54) is 0 Å². The Kier molecular flexibility index (Phi) is 4.37. The molecular weight excluding hydrogens is 232 g/mol. The first-order valence-electron chi connectivity index (χ1n) is 4.73. The molecule has 0 radical (unpaired) electrons. The summed E-state index contributed by atoms with van der Waals surface area (Å²) in [5.74, 6) is 0. The molecule has 0 saturated heterocycles. The molecule has 1 aromatic carbocycles. The van der Waals surface area contributed by atoms with Crippen LogP contribution in [0.2, 0.25) is 5.02 Å². The fourth-order valence-corrected chi connectivity index (χ4v) is 1.36. The number of nitrogens with two attached hydrogens (primary N) is 1. The maximum absolute atomic E-state index is 9.14. The van der Waals surface area contributed by atoms with Gasteiger partial charge in [0.05, 0.1) is 31.2 Å². The van der Waals surface area contributed by atoms with Gasteiger partial charge in [-0.05, 0) is 18.2 Å². The van der Waals surface area contributed by atoms with Crippen molar-refractivity contribution in [1.82, 2.24) is 0 Å². The Bertz CT molecular complexity index is 348. The van der Waals surface area contributed by atoms with E-state index >= 15 is 0 Å². The van der Waals surface area contributed by atoms with E-state index in [9.17, 15) is 0 Å². The zero-order chi connectivity index (χ0) is 12.2. The van der Waals surface area contributed by atoms with Crippen molar-refractivity contribution in [1.29, 1.82) is 0 Å². The molecule has 0 saturated carbocycles. The normalized spacial score (nSPS) is 11.5. The van der Waals surface area contributed by atoms with E-state index in [1.54, 1.807) is 18.2 Å². The first kappa shape index (κ1) is 13.1. The monoisotopic (exact) mass is 246 g/mol. The topological polar surface area (TPSA) is 98.7 Å². The molecule has 6 heteroatoms. The predicted octanol–water partition coefficient (Wildman–Crippen LogP) is 0.0498. The lowest BCUT2D eigenvalue weighted by atomic mass is 10.0. The largest absolute Gasteiger partial charge is 0.397 e. The van der Waals surface area contributed by atoms with Crippen molar-refractivity contribution in [2.24, 2.45) is 0 Å². The minimum atomic E-state index is -1.21. The summed E-state index contributed by atoms with van der Waals surface area (Å²) >= 11 is 5.79. The maximum Gasteiger partial charge on any atom is 0.107 e. The van der Waals surface area contributed by atoms with Crippen LogP contribution in [0.1, 0.15) is 0 Å². The van der Waals surface area contributed by atoms with Gasteiger partial charge in [-0.2, -0.15) is 0 Å². The Hall–Kier alpha value is -1.01. The summed E-state index contributed by atoms with van der Waals surface area (Å²) in [4.78, 5) is 0. The number of rotatable bonds is 5. The summed E-state index contributed by atoms with van der Waals surface area (Å²) in [5, 5.41) is 30.7. The fourth-order valence-electron chi connectivity index (χ4n) is 1.19. The van der Waals surface area contributed by atoms with Crippen LogP contribution in [0.4, 0.5) is 11.4 Å². The Morgan fingerprint density at radius 2 is 1.75 bits per heavy atom. The van der Waals surface area contributed by atoms with Gasteiger partial charge in [0.15, 0.2) is 0 Å². The first-order chi connectivity index (χ1) is 7.56. The van der Waals surface area contributed by atoms with Crippen molar-refractivity contribution in [2.75, 3.05) is 30.9 Å². The van der Waals surface area contributed by atoms with Crippen molar-refractivity contribution < 1.29 is 15.3 Å². The Morgan fingerprint density at radius 3 is 2.25 bits per heavy atom. The predicted molar refractivity (Wildman–Crippen MR) is 63.5 cm³/mol. The minimum Gasteiger partial charge on any atom is -0.397 e. The smallest absolute Gasteiger partial charge is 0.107 e. The summed E-state index contributed by atoms with van der Waals surface area (Å²) in [7, 11) is 0. The summed E-state index contributed by atoms with van der Waals surface area (Å²) in [6, 6.07) is 4.79. The molecule has 0 spiro atoms. The quantitative estimate of drug-likeness (QED) is 0.473. The van der Waals surface area contributed by atoms with Crippen LogP contribution in [-0.4, -0.2) is 40.7 Å². The van der Waals surface area contributed by atoms with Gasteiger partial charge >= 0.3 is 0 Å². The Morgan fingerprint density at radius 1 is 1.19 bits per heavy atom. The van der Waals surface area contributed by atoms with E-state index in [4.69, 9.17) is 32.7 Å². The molecule has 0 aromatic heterocycles. The molecular formula is C10H15ClN2O3. The van der Waals surface area contributed by atoms with E-state index < -0.39 is 25.4 Å². The van der Waals surface area contributed by atoms with Gasteiger partial charge in [0.2, 0.25) is 0 Å². The standard InChI is InChI=1S/C10H15ClN2O3/c11-7-1-2-8(12)9(3-7)13-10(4-14,5-15)6-16/h1-3,13-16H,4-6,12H2. The lowest BCUT2D eigenvalue weighted by Gasteiger charge is -2.30. The van der Waals surface area contributed by atoms with Crippen molar-refractivity contribution in [3.63, 3.8) is 0 Å². The molecule has 0 unspecified atom stereocenters. The highest BCUT2D eigenvalue weighted by Gasteiger charge is 2.28. The van der Waals surface area contributed by atoms with Gasteiger partial charge in [0.25, 0.3) is 0 Å². The Balaban J connectivity index is 2.97. The molecule has 16 heavy (non-hydrogen) atoms. The van der Waals surface area contributed by atoms with E-state index in [-0.39, 0.29) is 0 Å². The molecule has 1 aromatic rings. The van der Waals surface area contributed by atoms with Crippen molar-refractivity contribution >= 4 is 23.0 Å². The molecule has 1 rings (SSSR count). The molecule has 5 nitrogen and oxygen atoms in total. The van der Waals surface area contributed by atoms with Crippen LogP contribution in [0.3, 0.4) is 0 Å². The van der Waals surface area contributed by atoms with E-state index in [0.717, 1.165) is 0 Å². The zero-order valence-corrected chi connectivity index (χ0v) is 9.41. The number of anilines is 2. The lowest BCUT2D eigenvalue weighted by Crippen LogP contribution is -2.49. The van der Waals surface area contributed by atoms with Crippen molar-refractivity contribution in [3.8, 4) is 0 Å². The lowest BCUT2D eigenvalue weighted by molar-refractivity contribution is 0.0834. The van der Waals surface area contributed by atoms with Crippen LogP contribution >= 0.6 is 11.6 Å². The highest BCUT2D eigenvalue weighted by molar-refractivity contribution is 6.31. The third kappa shape index (κ3) is 2.76. The number of hydrogen-bond acceptors (Lipinski definition) is 5. The number of hydrogen-bond donors (Lipinski definition) is 5. The third-order valence-electron chi connectivity index (χ3n) is 2.32. The van der Waals surface area contributed by atoms with Crippen molar-refractivity contribution in [3.05, 3.63) is 23.2 Å². The van der Waals surface area contributed by atoms with E-state index in [1.807, 2.05) is 0 Å². The summed E-state index contributed by atoms with van der Waals surface area (Å²) < 4.78 is 0. The molecule has 0 bridgehead atoms. The van der Waals surface area contributed by atoms with Gasteiger partial charge in [-0.3, -0.25) is 0 Å². The average Bonchev–Trinajstić information content (AvgIpc) is 2.31. The minimum absolute atomic E-state index is 0.420. The zero-order valence-electron chi connectivity index (χ0n) is 8.65. The van der Waals surface area contributed by atoms with Gasteiger partial charge < -0.3 is 26.4 Å². The highest BCUT2D eigenvalue weighted by atomic mass is 35.5.